The van der Waals surface area contributed by atoms with Gasteiger partial charge in [-0.1, -0.05) is 6.92 Å². The van der Waals surface area contributed by atoms with Gasteiger partial charge in [0.1, 0.15) is 0 Å². The van der Waals surface area contributed by atoms with Gasteiger partial charge in [0, 0.05) is 31.2 Å². The fraction of sp³-hybridized carbons (Fsp3) is 1.00. The van der Waals surface area contributed by atoms with Gasteiger partial charge >= 0.3 is 0 Å². The zero-order chi connectivity index (χ0) is 12.2. The second-order valence-corrected chi connectivity index (χ2v) is 5.82. The SMILES string of the molecule is CCC(N)CCCN1CCN(C)C(C)(C)C1. The highest BCUT2D eigenvalue weighted by Gasteiger charge is 2.30. The van der Waals surface area contributed by atoms with Gasteiger partial charge in [-0.15, -0.1) is 0 Å². The van der Waals surface area contributed by atoms with Gasteiger partial charge < -0.3 is 10.6 Å². The normalized spacial score (nSPS) is 24.6. The van der Waals surface area contributed by atoms with Gasteiger partial charge in [0.25, 0.3) is 0 Å². The molecule has 0 amide bonds. The van der Waals surface area contributed by atoms with E-state index in [-0.39, 0.29) is 0 Å². The third-order valence-corrected chi connectivity index (χ3v) is 3.97. The van der Waals surface area contributed by atoms with Crippen molar-refractivity contribution in [1.82, 2.24) is 9.80 Å². The molecule has 1 aliphatic heterocycles. The minimum Gasteiger partial charge on any atom is -0.328 e. The number of piperazine rings is 1. The lowest BCUT2D eigenvalue weighted by atomic mass is 9.99. The molecule has 0 spiro atoms. The van der Waals surface area contributed by atoms with Gasteiger partial charge in [-0.3, -0.25) is 4.90 Å². The second kappa shape index (κ2) is 5.99. The lowest BCUT2D eigenvalue weighted by Crippen LogP contribution is -2.57. The van der Waals surface area contributed by atoms with E-state index in [0.29, 0.717) is 11.6 Å². The van der Waals surface area contributed by atoms with Crippen LogP contribution >= 0.6 is 0 Å². The highest BCUT2D eigenvalue weighted by molar-refractivity contribution is 4.88. The monoisotopic (exact) mass is 227 g/mol. The molecule has 0 bridgehead atoms. The van der Waals surface area contributed by atoms with Crippen molar-refractivity contribution in [2.75, 3.05) is 33.2 Å². The topological polar surface area (TPSA) is 32.5 Å². The van der Waals surface area contributed by atoms with Crippen molar-refractivity contribution in [1.29, 1.82) is 0 Å². The molecule has 1 rings (SSSR count). The van der Waals surface area contributed by atoms with E-state index in [9.17, 15) is 0 Å². The molecular formula is C13H29N3. The Hall–Kier alpha value is -0.120. The van der Waals surface area contributed by atoms with Crippen LogP contribution < -0.4 is 5.73 Å². The fourth-order valence-corrected chi connectivity index (χ4v) is 2.31. The predicted molar refractivity (Wildman–Crippen MR) is 70.6 cm³/mol. The molecule has 0 aromatic carbocycles. The second-order valence-electron chi connectivity index (χ2n) is 5.82. The van der Waals surface area contributed by atoms with E-state index in [4.69, 9.17) is 5.73 Å². The lowest BCUT2D eigenvalue weighted by molar-refractivity contribution is 0.0391. The van der Waals surface area contributed by atoms with E-state index >= 15 is 0 Å². The van der Waals surface area contributed by atoms with Crippen LogP contribution in [0.15, 0.2) is 0 Å². The molecule has 0 aromatic rings. The molecule has 3 nitrogen and oxygen atoms in total. The Bertz CT molecular complexity index is 203. The third-order valence-electron chi connectivity index (χ3n) is 3.97. The summed E-state index contributed by atoms with van der Waals surface area (Å²) in [6.45, 7) is 11.6. The highest BCUT2D eigenvalue weighted by Crippen LogP contribution is 2.19. The summed E-state index contributed by atoms with van der Waals surface area (Å²) in [5.74, 6) is 0. The average molecular weight is 227 g/mol. The fourth-order valence-electron chi connectivity index (χ4n) is 2.31. The summed E-state index contributed by atoms with van der Waals surface area (Å²) in [6.07, 6.45) is 3.52. The standard InChI is InChI=1S/C13H29N3/c1-5-12(14)7-6-8-16-10-9-15(4)13(2,3)11-16/h12H,5-11,14H2,1-4H3. The first-order valence-electron chi connectivity index (χ1n) is 6.65. The van der Waals surface area contributed by atoms with Crippen molar-refractivity contribution in [2.24, 2.45) is 5.73 Å². The number of hydrogen-bond donors (Lipinski definition) is 1. The first-order chi connectivity index (χ1) is 7.45. The van der Waals surface area contributed by atoms with Gasteiger partial charge in [-0.05, 0) is 46.7 Å². The zero-order valence-electron chi connectivity index (χ0n) is 11.5. The van der Waals surface area contributed by atoms with Crippen LogP contribution in [0.5, 0.6) is 0 Å². The van der Waals surface area contributed by atoms with Crippen LogP contribution in [0.1, 0.15) is 40.0 Å². The van der Waals surface area contributed by atoms with Crippen LogP contribution in [-0.4, -0.2) is 54.6 Å². The van der Waals surface area contributed by atoms with Crippen molar-refractivity contribution in [2.45, 2.75) is 51.6 Å². The molecule has 1 unspecified atom stereocenters. The molecule has 2 N–H and O–H groups in total. The Morgan fingerprint density at radius 2 is 2.00 bits per heavy atom. The molecule has 1 fully saturated rings. The van der Waals surface area contributed by atoms with Gasteiger partial charge in [-0.25, -0.2) is 0 Å². The molecule has 0 aliphatic carbocycles. The first-order valence-corrected chi connectivity index (χ1v) is 6.65. The molecule has 16 heavy (non-hydrogen) atoms. The van der Waals surface area contributed by atoms with E-state index in [2.05, 4.69) is 37.6 Å². The number of likely N-dealkylation sites (N-methyl/N-ethyl adjacent to an activating group) is 1. The smallest absolute Gasteiger partial charge is 0.0277 e. The van der Waals surface area contributed by atoms with Crippen LogP contribution in [-0.2, 0) is 0 Å². The molecule has 1 saturated heterocycles. The first kappa shape index (κ1) is 13.9. The molecule has 0 saturated carbocycles. The van der Waals surface area contributed by atoms with Crippen LogP contribution in [0, 0.1) is 0 Å². The maximum absolute atomic E-state index is 5.94. The molecule has 3 heteroatoms. The Morgan fingerprint density at radius 3 is 2.56 bits per heavy atom. The van der Waals surface area contributed by atoms with E-state index in [1.165, 1.54) is 39.0 Å². The number of rotatable bonds is 5. The van der Waals surface area contributed by atoms with Gasteiger partial charge in [0.05, 0.1) is 0 Å². The average Bonchev–Trinajstić information content (AvgIpc) is 2.22. The summed E-state index contributed by atoms with van der Waals surface area (Å²) in [5.41, 5.74) is 6.26. The summed E-state index contributed by atoms with van der Waals surface area (Å²) >= 11 is 0. The van der Waals surface area contributed by atoms with Crippen LogP contribution in [0.3, 0.4) is 0 Å². The molecular weight excluding hydrogens is 198 g/mol. The largest absolute Gasteiger partial charge is 0.328 e. The van der Waals surface area contributed by atoms with Crippen molar-refractivity contribution in [3.8, 4) is 0 Å². The molecule has 1 atom stereocenters. The summed E-state index contributed by atoms with van der Waals surface area (Å²) in [5, 5.41) is 0. The molecule has 96 valence electrons. The van der Waals surface area contributed by atoms with Crippen LogP contribution in [0.4, 0.5) is 0 Å². The maximum Gasteiger partial charge on any atom is 0.0277 e. The lowest BCUT2D eigenvalue weighted by Gasteiger charge is -2.45. The Labute approximate surface area is 101 Å². The molecule has 1 heterocycles. The minimum absolute atomic E-state index is 0.325. The third kappa shape index (κ3) is 4.04. The van der Waals surface area contributed by atoms with E-state index in [1.807, 2.05) is 0 Å². The van der Waals surface area contributed by atoms with Crippen LogP contribution in [0.25, 0.3) is 0 Å². The molecule has 0 radical (unpaired) electrons. The van der Waals surface area contributed by atoms with Gasteiger partial charge in [-0.2, -0.15) is 0 Å². The Balaban J connectivity index is 2.24. The molecule has 1 aliphatic rings. The highest BCUT2D eigenvalue weighted by atomic mass is 15.3. The number of nitrogens with zero attached hydrogens (tertiary/aromatic N) is 2. The summed E-state index contributed by atoms with van der Waals surface area (Å²) < 4.78 is 0. The summed E-state index contributed by atoms with van der Waals surface area (Å²) in [4.78, 5) is 5.05. The van der Waals surface area contributed by atoms with E-state index in [0.717, 1.165) is 6.42 Å². The quantitative estimate of drug-likeness (QED) is 0.773. The molecule has 0 aromatic heterocycles. The maximum atomic E-state index is 5.94. The van der Waals surface area contributed by atoms with Crippen molar-refractivity contribution >= 4 is 0 Å². The minimum atomic E-state index is 0.325. The summed E-state index contributed by atoms with van der Waals surface area (Å²) in [7, 11) is 2.23. The van der Waals surface area contributed by atoms with Crippen molar-refractivity contribution < 1.29 is 0 Å². The zero-order valence-corrected chi connectivity index (χ0v) is 11.5. The van der Waals surface area contributed by atoms with E-state index < -0.39 is 0 Å². The van der Waals surface area contributed by atoms with Crippen molar-refractivity contribution in [3.63, 3.8) is 0 Å². The van der Waals surface area contributed by atoms with Gasteiger partial charge in [0.2, 0.25) is 0 Å². The number of nitrogens with two attached hydrogens (primary N) is 1. The predicted octanol–water partition coefficient (Wildman–Crippen LogP) is 1.53. The Morgan fingerprint density at radius 1 is 1.31 bits per heavy atom. The van der Waals surface area contributed by atoms with Gasteiger partial charge in [0.15, 0.2) is 0 Å². The van der Waals surface area contributed by atoms with Crippen LogP contribution in [0.2, 0.25) is 0 Å². The summed E-state index contributed by atoms with van der Waals surface area (Å²) in [6, 6.07) is 0.403. The Kier molecular flexibility index (Phi) is 5.22. The number of hydrogen-bond acceptors (Lipinski definition) is 3. The van der Waals surface area contributed by atoms with E-state index in [1.54, 1.807) is 0 Å². The van der Waals surface area contributed by atoms with Crippen molar-refractivity contribution in [3.05, 3.63) is 0 Å².